The fourth-order valence-electron chi connectivity index (χ4n) is 4.04. The third kappa shape index (κ3) is 3.49. The number of nitrogens with two attached hydrogens (primary N) is 1. The predicted octanol–water partition coefficient (Wildman–Crippen LogP) is 3.15. The van der Waals surface area contributed by atoms with E-state index in [1.54, 1.807) is 30.6 Å². The van der Waals surface area contributed by atoms with Crippen molar-refractivity contribution >= 4 is 23.0 Å². The number of anilines is 1. The molecule has 4 rings (SSSR count). The van der Waals surface area contributed by atoms with Crippen LogP contribution in [-0.4, -0.2) is 40.2 Å². The SMILES string of the molecule is CNC(=O)c1ccc(-c2cc3c(N[C@@H]4CCC[C@@]4(C)F)c(C(N)=O)cnn3c2)cc1. The maximum atomic E-state index is 14.9. The van der Waals surface area contributed by atoms with E-state index in [2.05, 4.69) is 15.7 Å². The summed E-state index contributed by atoms with van der Waals surface area (Å²) >= 11 is 0. The number of hydrogen-bond acceptors (Lipinski definition) is 4. The molecular weight excluding hydrogens is 385 g/mol. The fraction of sp³-hybridized carbons (Fsp3) is 0.318. The Balaban J connectivity index is 1.77. The van der Waals surface area contributed by atoms with E-state index in [4.69, 9.17) is 5.73 Å². The van der Waals surface area contributed by atoms with Gasteiger partial charge in [0.05, 0.1) is 29.0 Å². The number of nitrogens with zero attached hydrogens (tertiary/aromatic N) is 2. The van der Waals surface area contributed by atoms with E-state index in [1.807, 2.05) is 24.4 Å². The highest BCUT2D eigenvalue weighted by atomic mass is 19.1. The van der Waals surface area contributed by atoms with Crippen molar-refractivity contribution in [1.82, 2.24) is 14.9 Å². The van der Waals surface area contributed by atoms with E-state index in [9.17, 15) is 14.0 Å². The number of halogens is 1. The molecule has 1 aliphatic rings. The Morgan fingerprint density at radius 2 is 2.00 bits per heavy atom. The Hall–Kier alpha value is -3.42. The van der Waals surface area contributed by atoms with Gasteiger partial charge in [0.15, 0.2) is 0 Å². The lowest BCUT2D eigenvalue weighted by Gasteiger charge is -2.26. The Bertz CT molecular complexity index is 1120. The van der Waals surface area contributed by atoms with Gasteiger partial charge in [-0.2, -0.15) is 5.10 Å². The molecule has 2 heterocycles. The maximum Gasteiger partial charge on any atom is 0.252 e. The van der Waals surface area contributed by atoms with Gasteiger partial charge in [0, 0.05) is 24.4 Å². The minimum absolute atomic E-state index is 0.159. The van der Waals surface area contributed by atoms with Crippen LogP contribution in [0, 0.1) is 0 Å². The van der Waals surface area contributed by atoms with Gasteiger partial charge >= 0.3 is 0 Å². The molecule has 1 aromatic carbocycles. The third-order valence-electron chi connectivity index (χ3n) is 5.81. The fourth-order valence-corrected chi connectivity index (χ4v) is 4.04. The molecule has 1 saturated carbocycles. The van der Waals surface area contributed by atoms with Crippen molar-refractivity contribution < 1.29 is 14.0 Å². The molecule has 2 atom stereocenters. The van der Waals surface area contributed by atoms with Gasteiger partial charge in [0.2, 0.25) is 0 Å². The van der Waals surface area contributed by atoms with Gasteiger partial charge < -0.3 is 16.4 Å². The number of hydrogen-bond donors (Lipinski definition) is 3. The summed E-state index contributed by atoms with van der Waals surface area (Å²) in [4.78, 5) is 23.8. The lowest BCUT2D eigenvalue weighted by Crippen LogP contribution is -2.36. The number of benzene rings is 1. The van der Waals surface area contributed by atoms with Gasteiger partial charge in [0.1, 0.15) is 5.67 Å². The number of nitrogens with one attached hydrogen (secondary N) is 2. The van der Waals surface area contributed by atoms with Crippen LogP contribution < -0.4 is 16.4 Å². The molecule has 0 aliphatic heterocycles. The van der Waals surface area contributed by atoms with E-state index in [-0.39, 0.29) is 11.5 Å². The number of carbonyl (C=O) groups excluding carboxylic acids is 2. The van der Waals surface area contributed by atoms with Crippen molar-refractivity contribution in [3.8, 4) is 11.1 Å². The molecule has 8 heteroatoms. The van der Waals surface area contributed by atoms with Crippen LogP contribution in [0.15, 0.2) is 42.7 Å². The van der Waals surface area contributed by atoms with Gasteiger partial charge in [-0.15, -0.1) is 0 Å². The normalized spacial score (nSPS) is 21.0. The summed E-state index contributed by atoms with van der Waals surface area (Å²) in [5.74, 6) is -0.780. The molecule has 3 aromatic rings. The molecule has 2 aromatic heterocycles. The number of fused-ring (bicyclic) bond motifs is 1. The van der Waals surface area contributed by atoms with Crippen molar-refractivity contribution in [3.05, 3.63) is 53.9 Å². The number of amides is 2. The molecule has 156 valence electrons. The summed E-state index contributed by atoms with van der Waals surface area (Å²) in [6.45, 7) is 1.58. The van der Waals surface area contributed by atoms with E-state index >= 15 is 0 Å². The highest BCUT2D eigenvalue weighted by Crippen LogP contribution is 2.37. The van der Waals surface area contributed by atoms with Crippen LogP contribution in [0.2, 0.25) is 0 Å². The van der Waals surface area contributed by atoms with Gasteiger partial charge in [-0.05, 0) is 49.9 Å². The van der Waals surface area contributed by atoms with Gasteiger partial charge in [-0.1, -0.05) is 12.1 Å². The predicted molar refractivity (Wildman–Crippen MR) is 113 cm³/mol. The first kappa shape index (κ1) is 19.9. The summed E-state index contributed by atoms with van der Waals surface area (Å²) < 4.78 is 16.5. The maximum absolute atomic E-state index is 14.9. The average molecular weight is 409 g/mol. The average Bonchev–Trinajstić information content (AvgIpc) is 3.30. The third-order valence-corrected chi connectivity index (χ3v) is 5.81. The Kier molecular flexibility index (Phi) is 4.93. The lowest BCUT2D eigenvalue weighted by atomic mass is 10.0. The highest BCUT2D eigenvalue weighted by Gasteiger charge is 2.39. The van der Waals surface area contributed by atoms with Gasteiger partial charge in [-0.3, -0.25) is 9.59 Å². The van der Waals surface area contributed by atoms with Crippen molar-refractivity contribution in [1.29, 1.82) is 0 Å². The second-order valence-electron chi connectivity index (χ2n) is 7.88. The Labute approximate surface area is 173 Å². The highest BCUT2D eigenvalue weighted by molar-refractivity contribution is 6.02. The minimum atomic E-state index is -1.36. The molecule has 2 amide bonds. The summed E-state index contributed by atoms with van der Waals surface area (Å²) in [7, 11) is 1.58. The summed E-state index contributed by atoms with van der Waals surface area (Å²) in [6, 6.07) is 8.64. The Morgan fingerprint density at radius 1 is 1.27 bits per heavy atom. The van der Waals surface area contributed by atoms with Crippen molar-refractivity contribution in [2.75, 3.05) is 12.4 Å². The van der Waals surface area contributed by atoms with E-state index in [1.165, 1.54) is 6.20 Å². The standard InChI is InChI=1S/C22H24FN5O2/c1-22(23)9-3-4-18(22)27-19-16(20(24)29)11-26-28-12-15(10-17(19)28)13-5-7-14(8-6-13)21(30)25-2/h5-8,10-12,18,27H,3-4,9H2,1-2H3,(H2,24,29)(H,25,30)/t18-,22-/m1/s1. The second kappa shape index (κ2) is 7.44. The molecule has 1 fully saturated rings. The van der Waals surface area contributed by atoms with Crippen LogP contribution in [0.1, 0.15) is 46.9 Å². The first-order valence-corrected chi connectivity index (χ1v) is 9.89. The minimum Gasteiger partial charge on any atom is -0.377 e. The van der Waals surface area contributed by atoms with Crippen molar-refractivity contribution in [3.63, 3.8) is 0 Å². The first-order chi connectivity index (χ1) is 14.3. The smallest absolute Gasteiger partial charge is 0.252 e. The van der Waals surface area contributed by atoms with E-state index in [0.29, 0.717) is 29.6 Å². The van der Waals surface area contributed by atoms with E-state index < -0.39 is 17.6 Å². The van der Waals surface area contributed by atoms with Crippen LogP contribution >= 0.6 is 0 Å². The number of alkyl halides is 1. The zero-order valence-electron chi connectivity index (χ0n) is 16.9. The van der Waals surface area contributed by atoms with Gasteiger partial charge in [-0.25, -0.2) is 8.91 Å². The molecule has 0 saturated heterocycles. The molecule has 4 N–H and O–H groups in total. The van der Waals surface area contributed by atoms with Crippen LogP contribution in [0.3, 0.4) is 0 Å². The molecule has 7 nitrogen and oxygen atoms in total. The number of aromatic nitrogens is 2. The van der Waals surface area contributed by atoms with Gasteiger partial charge in [0.25, 0.3) is 11.8 Å². The molecule has 0 spiro atoms. The summed E-state index contributed by atoms with van der Waals surface area (Å²) in [5.41, 5.74) is 7.85. The first-order valence-electron chi connectivity index (χ1n) is 9.89. The molecular formula is C22H24FN5O2. The quantitative estimate of drug-likeness (QED) is 0.602. The monoisotopic (exact) mass is 409 g/mol. The van der Waals surface area contributed by atoms with Crippen molar-refractivity contribution in [2.24, 2.45) is 5.73 Å². The molecule has 30 heavy (non-hydrogen) atoms. The van der Waals surface area contributed by atoms with Crippen molar-refractivity contribution in [2.45, 2.75) is 37.9 Å². The summed E-state index contributed by atoms with van der Waals surface area (Å²) in [5, 5.41) is 10.1. The Morgan fingerprint density at radius 3 is 2.60 bits per heavy atom. The molecule has 0 radical (unpaired) electrons. The zero-order chi connectivity index (χ0) is 21.5. The molecule has 0 bridgehead atoms. The van der Waals surface area contributed by atoms with Crippen LogP contribution in [0.5, 0.6) is 0 Å². The molecule has 0 unspecified atom stereocenters. The van der Waals surface area contributed by atoms with Crippen LogP contribution in [0.4, 0.5) is 10.1 Å². The van der Waals surface area contributed by atoms with E-state index in [0.717, 1.165) is 17.5 Å². The topological polar surface area (TPSA) is 102 Å². The largest absolute Gasteiger partial charge is 0.377 e. The molecule has 1 aliphatic carbocycles. The second-order valence-corrected chi connectivity index (χ2v) is 7.88. The zero-order valence-corrected chi connectivity index (χ0v) is 16.9. The summed E-state index contributed by atoms with van der Waals surface area (Å²) in [6.07, 6.45) is 5.15. The van der Waals surface area contributed by atoms with Crippen LogP contribution in [0.25, 0.3) is 16.6 Å². The number of carbonyl (C=O) groups is 2. The lowest BCUT2D eigenvalue weighted by molar-refractivity contribution is 0.0961. The number of rotatable bonds is 5. The van der Waals surface area contributed by atoms with Crippen LogP contribution in [-0.2, 0) is 0 Å². The number of primary amides is 1.